The molecule has 2 N–H and O–H groups in total. The van der Waals surface area contributed by atoms with Crippen LogP contribution in [0.5, 0.6) is 0 Å². The molecule has 3 heterocycles. The third-order valence-corrected chi connectivity index (χ3v) is 5.44. The molecule has 0 aromatic carbocycles. The Morgan fingerprint density at radius 2 is 2.19 bits per heavy atom. The van der Waals surface area contributed by atoms with Gasteiger partial charge in [-0.25, -0.2) is 9.97 Å². The van der Waals surface area contributed by atoms with E-state index in [0.29, 0.717) is 5.82 Å². The van der Waals surface area contributed by atoms with Gasteiger partial charge in [-0.3, -0.25) is 4.40 Å². The number of thiophene rings is 1. The molecule has 0 unspecified atom stereocenters. The Bertz CT molecular complexity index is 993. The van der Waals surface area contributed by atoms with Crippen molar-refractivity contribution < 1.29 is 0 Å². The molecule has 21 heavy (non-hydrogen) atoms. The van der Waals surface area contributed by atoms with Gasteiger partial charge in [0.2, 0.25) is 0 Å². The van der Waals surface area contributed by atoms with Gasteiger partial charge in [-0.05, 0) is 31.2 Å². The Morgan fingerprint density at radius 1 is 1.38 bits per heavy atom. The summed E-state index contributed by atoms with van der Waals surface area (Å²) in [6.45, 7) is 0. The molecule has 4 rings (SSSR count). The van der Waals surface area contributed by atoms with Crippen molar-refractivity contribution >= 4 is 45.2 Å². The molecular formula is C14H11N5S2. The van der Waals surface area contributed by atoms with Crippen molar-refractivity contribution in [1.82, 2.24) is 14.4 Å². The van der Waals surface area contributed by atoms with Crippen LogP contribution in [0.1, 0.15) is 28.8 Å². The number of aromatic nitrogens is 3. The quantitative estimate of drug-likeness (QED) is 0.645. The lowest BCUT2D eigenvalue weighted by molar-refractivity contribution is 0.700. The molecule has 0 radical (unpaired) electrons. The first-order valence-corrected chi connectivity index (χ1v) is 7.94. The first-order valence-electron chi connectivity index (χ1n) is 6.72. The standard InChI is InChI=1S/C14H11N5S2/c15-5-8-11(16)19-6-17-14-10(12(19)18-13(8)20)7-3-1-2-4-9(7)21-14/h6H,1-4,16H2. The first kappa shape index (κ1) is 12.7. The fourth-order valence-corrected chi connectivity index (χ4v) is 4.39. The predicted octanol–water partition coefficient (Wildman–Crippen LogP) is 3.01. The third kappa shape index (κ3) is 1.69. The highest BCUT2D eigenvalue weighted by molar-refractivity contribution is 7.71. The van der Waals surface area contributed by atoms with Crippen LogP contribution in [0.25, 0.3) is 15.9 Å². The van der Waals surface area contributed by atoms with Gasteiger partial charge in [0, 0.05) is 4.88 Å². The van der Waals surface area contributed by atoms with E-state index in [1.807, 2.05) is 6.07 Å². The topological polar surface area (TPSA) is 80.0 Å². The molecule has 0 amide bonds. The molecule has 0 fully saturated rings. The van der Waals surface area contributed by atoms with Gasteiger partial charge in [-0.2, -0.15) is 5.26 Å². The van der Waals surface area contributed by atoms with Crippen LogP contribution < -0.4 is 5.73 Å². The van der Waals surface area contributed by atoms with Gasteiger partial charge in [-0.1, -0.05) is 12.2 Å². The van der Waals surface area contributed by atoms with Gasteiger partial charge in [-0.15, -0.1) is 11.3 Å². The third-order valence-electron chi connectivity index (χ3n) is 3.94. The zero-order chi connectivity index (χ0) is 14.6. The molecule has 0 bridgehead atoms. The second kappa shape index (κ2) is 4.48. The molecule has 104 valence electrons. The van der Waals surface area contributed by atoms with Crippen molar-refractivity contribution in [2.45, 2.75) is 25.7 Å². The lowest BCUT2D eigenvalue weighted by Crippen LogP contribution is -2.06. The van der Waals surface area contributed by atoms with Crippen molar-refractivity contribution in [3.63, 3.8) is 0 Å². The first-order chi connectivity index (χ1) is 10.2. The zero-order valence-electron chi connectivity index (χ0n) is 11.1. The summed E-state index contributed by atoms with van der Waals surface area (Å²) in [5.41, 5.74) is 8.36. The number of nitrogens with zero attached hydrogens (tertiary/aromatic N) is 4. The van der Waals surface area contributed by atoms with Gasteiger partial charge in [0.15, 0.2) is 5.65 Å². The largest absolute Gasteiger partial charge is 0.384 e. The van der Waals surface area contributed by atoms with E-state index < -0.39 is 0 Å². The van der Waals surface area contributed by atoms with Crippen molar-refractivity contribution in [3.05, 3.63) is 27.0 Å². The highest BCUT2D eigenvalue weighted by Crippen LogP contribution is 2.37. The van der Waals surface area contributed by atoms with E-state index >= 15 is 0 Å². The smallest absolute Gasteiger partial charge is 0.151 e. The number of hydrogen-bond donors (Lipinski definition) is 1. The lowest BCUT2D eigenvalue weighted by atomic mass is 9.97. The van der Waals surface area contributed by atoms with Gasteiger partial charge in [0.25, 0.3) is 0 Å². The van der Waals surface area contributed by atoms with E-state index in [1.165, 1.54) is 23.3 Å². The molecule has 3 aromatic heterocycles. The SMILES string of the molecule is N#Cc1c(N)n2cnc3sc4c(c3c2nc1=S)CCCC4. The van der Waals surface area contributed by atoms with E-state index in [1.54, 1.807) is 22.1 Å². The molecule has 0 saturated carbocycles. The number of nitriles is 1. The number of fused-ring (bicyclic) bond motifs is 5. The monoisotopic (exact) mass is 313 g/mol. The number of hydrogen-bond acceptors (Lipinski definition) is 6. The number of nitrogen functional groups attached to an aromatic ring is 1. The fraction of sp³-hybridized carbons (Fsp3) is 0.286. The minimum Gasteiger partial charge on any atom is -0.384 e. The molecular weight excluding hydrogens is 302 g/mol. The van der Waals surface area contributed by atoms with Gasteiger partial charge in [0.1, 0.15) is 33.2 Å². The Balaban J connectivity index is 2.22. The Labute approximate surface area is 129 Å². The predicted molar refractivity (Wildman–Crippen MR) is 85.0 cm³/mol. The molecule has 0 atom stereocenters. The number of aryl methyl sites for hydroxylation is 2. The van der Waals surface area contributed by atoms with E-state index in [0.717, 1.165) is 28.7 Å². The highest BCUT2D eigenvalue weighted by atomic mass is 32.1. The second-order valence-electron chi connectivity index (χ2n) is 5.12. The van der Waals surface area contributed by atoms with Gasteiger partial charge in [0.05, 0.1) is 5.39 Å². The summed E-state index contributed by atoms with van der Waals surface area (Å²) in [4.78, 5) is 11.3. The minimum atomic E-state index is 0.243. The number of rotatable bonds is 0. The van der Waals surface area contributed by atoms with E-state index in [4.69, 9.17) is 23.2 Å². The summed E-state index contributed by atoms with van der Waals surface area (Å²) in [7, 11) is 0. The molecule has 0 aliphatic heterocycles. The summed E-state index contributed by atoms with van der Waals surface area (Å²) in [5, 5.41) is 10.2. The number of nitrogens with two attached hydrogens (primary N) is 1. The molecule has 0 saturated heterocycles. The Kier molecular flexibility index (Phi) is 2.71. The zero-order valence-corrected chi connectivity index (χ0v) is 12.7. The lowest BCUT2D eigenvalue weighted by Gasteiger charge is -2.11. The fourth-order valence-electron chi connectivity index (χ4n) is 2.93. The van der Waals surface area contributed by atoms with E-state index in [9.17, 15) is 0 Å². The van der Waals surface area contributed by atoms with E-state index in [2.05, 4.69) is 9.97 Å². The Hall–Kier alpha value is -2.04. The molecule has 7 heteroatoms. The van der Waals surface area contributed by atoms with Crippen molar-refractivity contribution in [3.8, 4) is 6.07 Å². The molecule has 5 nitrogen and oxygen atoms in total. The molecule has 3 aromatic rings. The molecule has 1 aliphatic carbocycles. The second-order valence-corrected chi connectivity index (χ2v) is 6.59. The van der Waals surface area contributed by atoms with Crippen molar-refractivity contribution in [2.75, 3.05) is 5.73 Å². The maximum absolute atomic E-state index is 9.16. The van der Waals surface area contributed by atoms with Gasteiger partial charge < -0.3 is 5.73 Å². The average Bonchev–Trinajstić information content (AvgIpc) is 2.86. The van der Waals surface area contributed by atoms with Crippen LogP contribution in [0.2, 0.25) is 0 Å². The van der Waals surface area contributed by atoms with Crippen LogP contribution in [0.15, 0.2) is 6.33 Å². The van der Waals surface area contributed by atoms with Crippen LogP contribution in [-0.4, -0.2) is 14.4 Å². The summed E-state index contributed by atoms with van der Waals surface area (Å²) in [6, 6.07) is 2.02. The van der Waals surface area contributed by atoms with Crippen LogP contribution in [-0.2, 0) is 12.8 Å². The summed E-state index contributed by atoms with van der Waals surface area (Å²) in [5.74, 6) is 0.317. The number of anilines is 1. The highest BCUT2D eigenvalue weighted by Gasteiger charge is 2.20. The molecule has 1 aliphatic rings. The van der Waals surface area contributed by atoms with Crippen LogP contribution in [0.4, 0.5) is 5.82 Å². The summed E-state index contributed by atoms with van der Waals surface area (Å²) in [6.07, 6.45) is 6.20. The van der Waals surface area contributed by atoms with E-state index in [-0.39, 0.29) is 10.2 Å². The summed E-state index contributed by atoms with van der Waals surface area (Å²) < 4.78 is 1.94. The van der Waals surface area contributed by atoms with Gasteiger partial charge >= 0.3 is 0 Å². The minimum absolute atomic E-state index is 0.243. The van der Waals surface area contributed by atoms with Crippen molar-refractivity contribution in [2.24, 2.45) is 0 Å². The Morgan fingerprint density at radius 3 is 3.00 bits per heavy atom. The summed E-state index contributed by atoms with van der Waals surface area (Å²) >= 11 is 6.95. The maximum Gasteiger partial charge on any atom is 0.151 e. The molecule has 0 spiro atoms. The normalized spacial score (nSPS) is 14.2. The van der Waals surface area contributed by atoms with Crippen LogP contribution in [0.3, 0.4) is 0 Å². The average molecular weight is 313 g/mol. The van der Waals surface area contributed by atoms with Crippen molar-refractivity contribution in [1.29, 1.82) is 5.26 Å². The van der Waals surface area contributed by atoms with Crippen LogP contribution in [0, 0.1) is 16.0 Å². The maximum atomic E-state index is 9.16. The van der Waals surface area contributed by atoms with Crippen LogP contribution >= 0.6 is 23.6 Å².